The number of rotatable bonds is 5. The molecule has 0 aromatic rings. The normalized spacial score (nSPS) is 30.2. The Hall–Kier alpha value is -1.85. The fraction of sp³-hybridized carbons (Fsp3) is 0.667. The van der Waals surface area contributed by atoms with Crippen LogP contribution in [0.4, 0.5) is 0 Å². The van der Waals surface area contributed by atoms with E-state index in [9.17, 15) is 19.5 Å². The van der Waals surface area contributed by atoms with Crippen molar-refractivity contribution in [1.29, 1.82) is 0 Å². The molecule has 0 heterocycles. The van der Waals surface area contributed by atoms with Crippen molar-refractivity contribution >= 4 is 17.8 Å². The van der Waals surface area contributed by atoms with Gasteiger partial charge in [-0.3, -0.25) is 14.4 Å². The Bertz CT molecular complexity index is 498. The van der Waals surface area contributed by atoms with Gasteiger partial charge < -0.3 is 15.7 Å². The van der Waals surface area contributed by atoms with Crippen LogP contribution in [-0.4, -0.2) is 36.5 Å². The summed E-state index contributed by atoms with van der Waals surface area (Å²) in [7, 11) is 1.55. The molecule has 1 saturated carbocycles. The summed E-state index contributed by atoms with van der Waals surface area (Å²) in [6.45, 7) is 3.67. The van der Waals surface area contributed by atoms with Gasteiger partial charge in [0.15, 0.2) is 0 Å². The highest BCUT2D eigenvalue weighted by Crippen LogP contribution is 2.48. The topological polar surface area (TPSA) is 95.5 Å². The van der Waals surface area contributed by atoms with Crippen molar-refractivity contribution < 1.29 is 19.5 Å². The zero-order chi connectivity index (χ0) is 15.8. The van der Waals surface area contributed by atoms with Crippen LogP contribution in [0.5, 0.6) is 0 Å². The predicted octanol–water partition coefficient (Wildman–Crippen LogP) is 0.398. The van der Waals surface area contributed by atoms with Gasteiger partial charge in [-0.05, 0) is 32.1 Å². The number of carboxylic acid groups (broad SMARTS) is 1. The van der Waals surface area contributed by atoms with Crippen LogP contribution in [0.3, 0.4) is 0 Å². The van der Waals surface area contributed by atoms with Crippen LogP contribution in [0.25, 0.3) is 0 Å². The molecule has 0 spiro atoms. The standard InChI is InChI=1S/C15H22N2O4/c1-15(2,14(21)16-3)7-17-12(18)10-8-4-5-9(6-8)11(10)13(19)20/h4-5,8-11H,6-7H2,1-3H3,(H,16,21)(H,17,18)(H,19,20). The quantitative estimate of drug-likeness (QED) is 0.639. The molecule has 0 saturated heterocycles. The first kappa shape index (κ1) is 15.5. The molecular formula is C15H22N2O4. The molecule has 4 atom stereocenters. The maximum atomic E-state index is 12.4. The zero-order valence-electron chi connectivity index (χ0n) is 12.6. The van der Waals surface area contributed by atoms with Crippen molar-refractivity contribution in [3.05, 3.63) is 12.2 Å². The highest BCUT2D eigenvalue weighted by atomic mass is 16.4. The lowest BCUT2D eigenvalue weighted by Crippen LogP contribution is -2.47. The number of allylic oxidation sites excluding steroid dienone is 2. The number of carbonyl (C=O) groups is 3. The smallest absolute Gasteiger partial charge is 0.307 e. The molecule has 2 bridgehead atoms. The van der Waals surface area contributed by atoms with Crippen LogP contribution in [-0.2, 0) is 14.4 Å². The molecule has 116 valence electrons. The second-order valence-corrected chi connectivity index (χ2v) is 6.52. The Morgan fingerprint density at radius 1 is 1.19 bits per heavy atom. The van der Waals surface area contributed by atoms with Gasteiger partial charge in [-0.25, -0.2) is 0 Å². The van der Waals surface area contributed by atoms with Crippen molar-refractivity contribution in [2.24, 2.45) is 29.1 Å². The Balaban J connectivity index is 2.02. The monoisotopic (exact) mass is 294 g/mol. The van der Waals surface area contributed by atoms with Crippen molar-refractivity contribution in [3.63, 3.8) is 0 Å². The Morgan fingerprint density at radius 3 is 2.29 bits per heavy atom. The molecule has 0 aliphatic heterocycles. The lowest BCUT2D eigenvalue weighted by molar-refractivity contribution is -0.148. The van der Waals surface area contributed by atoms with Crippen LogP contribution in [0, 0.1) is 29.1 Å². The van der Waals surface area contributed by atoms with Crippen molar-refractivity contribution in [1.82, 2.24) is 10.6 Å². The summed E-state index contributed by atoms with van der Waals surface area (Å²) in [6, 6.07) is 0. The Labute approximate surface area is 124 Å². The molecule has 6 heteroatoms. The molecular weight excluding hydrogens is 272 g/mol. The SMILES string of the molecule is CNC(=O)C(C)(C)CNC(=O)C1C2C=CC(C2)C1C(=O)O. The van der Waals surface area contributed by atoms with Gasteiger partial charge >= 0.3 is 5.97 Å². The third-order valence-electron chi connectivity index (χ3n) is 4.59. The van der Waals surface area contributed by atoms with E-state index >= 15 is 0 Å². The summed E-state index contributed by atoms with van der Waals surface area (Å²) >= 11 is 0. The van der Waals surface area contributed by atoms with Crippen molar-refractivity contribution in [2.75, 3.05) is 13.6 Å². The van der Waals surface area contributed by atoms with Crippen LogP contribution >= 0.6 is 0 Å². The maximum Gasteiger partial charge on any atom is 0.307 e. The molecule has 2 aliphatic carbocycles. The maximum absolute atomic E-state index is 12.4. The third kappa shape index (κ3) is 2.80. The van der Waals surface area contributed by atoms with Crippen LogP contribution in [0.2, 0.25) is 0 Å². The Morgan fingerprint density at radius 2 is 1.76 bits per heavy atom. The summed E-state index contributed by atoms with van der Waals surface area (Å²) in [5.41, 5.74) is -0.726. The van der Waals surface area contributed by atoms with Crippen LogP contribution in [0.15, 0.2) is 12.2 Å². The minimum atomic E-state index is -0.919. The van der Waals surface area contributed by atoms with Crippen LogP contribution < -0.4 is 10.6 Å². The molecule has 2 amide bonds. The van der Waals surface area contributed by atoms with Crippen molar-refractivity contribution in [2.45, 2.75) is 20.3 Å². The first-order valence-corrected chi connectivity index (χ1v) is 7.19. The van der Waals surface area contributed by atoms with E-state index in [2.05, 4.69) is 10.6 Å². The minimum absolute atomic E-state index is 0.000728. The molecule has 2 aliphatic rings. The minimum Gasteiger partial charge on any atom is -0.481 e. The lowest BCUT2D eigenvalue weighted by Gasteiger charge is -2.27. The molecule has 21 heavy (non-hydrogen) atoms. The third-order valence-corrected chi connectivity index (χ3v) is 4.59. The molecule has 2 rings (SSSR count). The van der Waals surface area contributed by atoms with Gasteiger partial charge in [0.2, 0.25) is 11.8 Å². The number of nitrogens with one attached hydrogen (secondary N) is 2. The van der Waals surface area contributed by atoms with Gasteiger partial charge in [0, 0.05) is 13.6 Å². The number of fused-ring (bicyclic) bond motifs is 2. The number of aliphatic carboxylic acids is 1. The molecule has 0 radical (unpaired) electrons. The van der Waals surface area contributed by atoms with Gasteiger partial charge in [-0.15, -0.1) is 0 Å². The highest BCUT2D eigenvalue weighted by molar-refractivity contribution is 5.88. The van der Waals surface area contributed by atoms with E-state index in [-0.39, 0.29) is 30.2 Å². The van der Waals surface area contributed by atoms with E-state index in [4.69, 9.17) is 0 Å². The highest BCUT2D eigenvalue weighted by Gasteiger charge is 2.51. The summed E-state index contributed by atoms with van der Waals surface area (Å²) in [5.74, 6) is -2.57. The number of amides is 2. The first-order valence-electron chi connectivity index (χ1n) is 7.19. The van der Waals surface area contributed by atoms with E-state index < -0.39 is 23.2 Å². The summed E-state index contributed by atoms with van der Waals surface area (Å²) < 4.78 is 0. The van der Waals surface area contributed by atoms with Gasteiger partial charge in [0.1, 0.15) is 0 Å². The molecule has 6 nitrogen and oxygen atoms in total. The average molecular weight is 294 g/mol. The average Bonchev–Trinajstić information content (AvgIpc) is 3.04. The van der Waals surface area contributed by atoms with Gasteiger partial charge in [-0.2, -0.15) is 0 Å². The molecule has 4 unspecified atom stereocenters. The number of carboxylic acids is 1. The summed E-state index contributed by atoms with van der Waals surface area (Å²) in [4.78, 5) is 35.5. The van der Waals surface area contributed by atoms with E-state index in [0.29, 0.717) is 0 Å². The van der Waals surface area contributed by atoms with E-state index in [1.54, 1.807) is 20.9 Å². The second-order valence-electron chi connectivity index (χ2n) is 6.52. The summed E-state index contributed by atoms with van der Waals surface area (Å²) in [5, 5.41) is 14.6. The van der Waals surface area contributed by atoms with E-state index in [1.165, 1.54) is 0 Å². The molecule has 1 fully saturated rings. The fourth-order valence-corrected chi connectivity index (χ4v) is 3.36. The zero-order valence-corrected chi connectivity index (χ0v) is 12.6. The van der Waals surface area contributed by atoms with E-state index in [1.807, 2.05) is 12.2 Å². The molecule has 0 aromatic heterocycles. The van der Waals surface area contributed by atoms with Crippen molar-refractivity contribution in [3.8, 4) is 0 Å². The first-order chi connectivity index (χ1) is 9.77. The van der Waals surface area contributed by atoms with Crippen LogP contribution in [0.1, 0.15) is 20.3 Å². The van der Waals surface area contributed by atoms with Gasteiger partial charge in [-0.1, -0.05) is 12.2 Å². The largest absolute Gasteiger partial charge is 0.481 e. The molecule has 3 N–H and O–H groups in total. The predicted molar refractivity (Wildman–Crippen MR) is 76.2 cm³/mol. The second kappa shape index (κ2) is 5.50. The van der Waals surface area contributed by atoms with Gasteiger partial charge in [0.25, 0.3) is 0 Å². The summed E-state index contributed by atoms with van der Waals surface area (Å²) in [6.07, 6.45) is 4.58. The molecule has 0 aromatic carbocycles. The number of hydrogen-bond donors (Lipinski definition) is 3. The number of hydrogen-bond acceptors (Lipinski definition) is 3. The Kier molecular flexibility index (Phi) is 4.07. The van der Waals surface area contributed by atoms with Gasteiger partial charge in [0.05, 0.1) is 17.3 Å². The fourth-order valence-electron chi connectivity index (χ4n) is 3.36. The number of carbonyl (C=O) groups excluding carboxylic acids is 2. The lowest BCUT2D eigenvalue weighted by atomic mass is 9.82. The van der Waals surface area contributed by atoms with E-state index in [0.717, 1.165) is 6.42 Å².